The number of fused-ring (bicyclic) bond motifs is 1. The highest BCUT2D eigenvalue weighted by atomic mass is 32.1. The van der Waals surface area contributed by atoms with E-state index in [-0.39, 0.29) is 5.56 Å². The summed E-state index contributed by atoms with van der Waals surface area (Å²) in [6.45, 7) is 1.94. The van der Waals surface area contributed by atoms with Crippen LogP contribution in [0.2, 0.25) is 0 Å². The van der Waals surface area contributed by atoms with Crippen molar-refractivity contribution in [2.75, 3.05) is 0 Å². The first-order valence-electron chi connectivity index (χ1n) is 4.12. The fourth-order valence-corrected chi connectivity index (χ4v) is 2.49. The molecule has 0 radical (unpaired) electrons. The van der Waals surface area contributed by atoms with E-state index in [1.54, 1.807) is 18.6 Å². The van der Waals surface area contributed by atoms with Crippen molar-refractivity contribution in [3.8, 4) is 6.07 Å². The lowest BCUT2D eigenvalue weighted by Crippen LogP contribution is -2.16. The van der Waals surface area contributed by atoms with Crippen LogP contribution in [0.5, 0.6) is 0 Å². The van der Waals surface area contributed by atoms with Crippen LogP contribution < -0.4 is 5.56 Å². The highest BCUT2D eigenvalue weighted by Crippen LogP contribution is 2.24. The molecule has 2 aromatic rings. The van der Waals surface area contributed by atoms with Gasteiger partial charge in [0.2, 0.25) is 0 Å². The summed E-state index contributed by atoms with van der Waals surface area (Å²) in [5.74, 6) is 0. The number of rotatable bonds is 0. The Morgan fingerprint density at radius 1 is 1.57 bits per heavy atom. The molecule has 3 nitrogen and oxygen atoms in total. The van der Waals surface area contributed by atoms with Gasteiger partial charge in [-0.25, -0.2) is 0 Å². The van der Waals surface area contributed by atoms with Gasteiger partial charge in [0.25, 0.3) is 5.56 Å². The lowest BCUT2D eigenvalue weighted by molar-refractivity contribution is 0.867. The van der Waals surface area contributed by atoms with Gasteiger partial charge in [0.1, 0.15) is 6.07 Å². The van der Waals surface area contributed by atoms with E-state index < -0.39 is 0 Å². The summed E-state index contributed by atoms with van der Waals surface area (Å²) in [6.07, 6.45) is 1.79. The molecule has 0 aromatic carbocycles. The average molecular weight is 204 g/mol. The predicted octanol–water partition coefficient (Wildman–Crippen LogP) is 1.78. The Hall–Kier alpha value is -1.60. The molecule has 2 heterocycles. The molecule has 0 bridgehead atoms. The van der Waals surface area contributed by atoms with E-state index in [0.29, 0.717) is 10.9 Å². The van der Waals surface area contributed by atoms with E-state index in [9.17, 15) is 4.79 Å². The van der Waals surface area contributed by atoms with E-state index in [0.717, 1.165) is 10.3 Å². The minimum absolute atomic E-state index is 0.0941. The Bertz CT molecular complexity index is 601. The molecule has 0 fully saturated rings. The van der Waals surface area contributed by atoms with E-state index in [4.69, 9.17) is 5.26 Å². The van der Waals surface area contributed by atoms with Gasteiger partial charge in [-0.2, -0.15) is 5.26 Å². The molecule has 0 aliphatic rings. The molecule has 2 aromatic heterocycles. The smallest absolute Gasteiger partial charge is 0.260 e. The lowest BCUT2D eigenvalue weighted by atomic mass is 10.2. The number of hydrogen-bond donors (Lipinski definition) is 0. The van der Waals surface area contributed by atoms with Gasteiger partial charge >= 0.3 is 0 Å². The van der Waals surface area contributed by atoms with Crippen molar-refractivity contribution >= 4 is 21.4 Å². The van der Waals surface area contributed by atoms with Crippen molar-refractivity contribution in [3.63, 3.8) is 0 Å². The number of nitrogens with zero attached hydrogens (tertiary/aromatic N) is 2. The van der Waals surface area contributed by atoms with Gasteiger partial charge in [0.05, 0.1) is 10.9 Å². The third-order valence-corrected chi connectivity index (χ3v) is 3.31. The topological polar surface area (TPSA) is 45.8 Å². The van der Waals surface area contributed by atoms with Gasteiger partial charge in [0.15, 0.2) is 0 Å². The zero-order valence-electron chi connectivity index (χ0n) is 7.87. The Labute approximate surface area is 84.8 Å². The number of hydrogen-bond acceptors (Lipinski definition) is 3. The third kappa shape index (κ3) is 1.06. The van der Waals surface area contributed by atoms with Crippen LogP contribution in [-0.2, 0) is 7.05 Å². The van der Waals surface area contributed by atoms with Gasteiger partial charge in [-0.3, -0.25) is 4.79 Å². The fourth-order valence-electron chi connectivity index (χ4n) is 1.53. The van der Waals surface area contributed by atoms with Crippen molar-refractivity contribution in [1.82, 2.24) is 4.57 Å². The van der Waals surface area contributed by atoms with Gasteiger partial charge < -0.3 is 4.57 Å². The van der Waals surface area contributed by atoms with Gasteiger partial charge in [-0.15, -0.1) is 11.3 Å². The molecule has 0 unspecified atom stereocenters. The highest BCUT2D eigenvalue weighted by Gasteiger charge is 2.10. The molecule has 0 aliphatic carbocycles. The normalized spacial score (nSPS) is 10.4. The van der Waals surface area contributed by atoms with Crippen molar-refractivity contribution in [2.45, 2.75) is 6.92 Å². The number of nitriles is 1. The summed E-state index contributed by atoms with van der Waals surface area (Å²) in [5, 5.41) is 11.1. The van der Waals surface area contributed by atoms with Gasteiger partial charge in [0, 0.05) is 23.3 Å². The summed E-state index contributed by atoms with van der Waals surface area (Å²) >= 11 is 1.45. The summed E-state index contributed by atoms with van der Waals surface area (Å²) in [7, 11) is 1.70. The Kier molecular flexibility index (Phi) is 1.90. The Morgan fingerprint density at radius 2 is 2.29 bits per heavy atom. The summed E-state index contributed by atoms with van der Waals surface area (Å²) in [6, 6.07) is 2.04. The molecule has 0 amide bonds. The van der Waals surface area contributed by atoms with Crippen LogP contribution >= 0.6 is 11.3 Å². The van der Waals surface area contributed by atoms with Gasteiger partial charge in [-0.05, 0) is 12.5 Å². The lowest BCUT2D eigenvalue weighted by Gasteiger charge is -2.00. The van der Waals surface area contributed by atoms with Crippen LogP contribution in [0.4, 0.5) is 0 Å². The van der Waals surface area contributed by atoms with Crippen LogP contribution in [0.3, 0.4) is 0 Å². The van der Waals surface area contributed by atoms with E-state index >= 15 is 0 Å². The molecule has 0 saturated carbocycles. The summed E-state index contributed by atoms with van der Waals surface area (Å²) in [5.41, 5.74) is 1.42. The third-order valence-electron chi connectivity index (χ3n) is 2.19. The molecular weight excluding hydrogens is 196 g/mol. The first-order chi connectivity index (χ1) is 6.65. The molecule has 0 atom stereocenters. The standard InChI is InChI=1S/C10H8N2OS/c1-6-4-12(2)10(13)8-7(3-11)5-14-9(6)8/h4-5H,1-2H3. The minimum atomic E-state index is -0.0941. The van der Waals surface area contributed by atoms with Crippen molar-refractivity contribution in [1.29, 1.82) is 5.26 Å². The van der Waals surface area contributed by atoms with E-state index in [1.807, 2.05) is 13.0 Å². The molecule has 0 N–H and O–H groups in total. The second kappa shape index (κ2) is 2.96. The van der Waals surface area contributed by atoms with Crippen LogP contribution in [-0.4, -0.2) is 4.57 Å². The average Bonchev–Trinajstić information content (AvgIpc) is 2.58. The van der Waals surface area contributed by atoms with Gasteiger partial charge in [-0.1, -0.05) is 0 Å². The Balaban J connectivity index is 3.09. The molecule has 14 heavy (non-hydrogen) atoms. The SMILES string of the molecule is Cc1cn(C)c(=O)c2c(C#N)csc12. The molecule has 2 rings (SSSR count). The van der Waals surface area contributed by atoms with E-state index in [2.05, 4.69) is 0 Å². The molecule has 4 heteroatoms. The quantitative estimate of drug-likeness (QED) is 0.656. The van der Waals surface area contributed by atoms with Crippen molar-refractivity contribution < 1.29 is 0 Å². The monoisotopic (exact) mass is 204 g/mol. The first kappa shape index (κ1) is 8.97. The molecular formula is C10H8N2OS. The second-order valence-corrected chi connectivity index (χ2v) is 4.07. The maximum Gasteiger partial charge on any atom is 0.260 e. The van der Waals surface area contributed by atoms with Crippen molar-refractivity contribution in [2.24, 2.45) is 7.05 Å². The number of aromatic nitrogens is 1. The molecule has 0 aliphatic heterocycles. The fraction of sp³-hybridized carbons (Fsp3) is 0.200. The second-order valence-electron chi connectivity index (χ2n) is 3.19. The zero-order chi connectivity index (χ0) is 10.3. The largest absolute Gasteiger partial charge is 0.318 e. The number of thiophene rings is 1. The van der Waals surface area contributed by atoms with Crippen LogP contribution in [0.15, 0.2) is 16.4 Å². The summed E-state index contributed by atoms with van der Waals surface area (Å²) < 4.78 is 2.44. The predicted molar refractivity (Wildman–Crippen MR) is 56.5 cm³/mol. The zero-order valence-corrected chi connectivity index (χ0v) is 8.68. The number of pyridine rings is 1. The van der Waals surface area contributed by atoms with Crippen molar-refractivity contribution in [3.05, 3.63) is 33.1 Å². The minimum Gasteiger partial charge on any atom is -0.318 e. The molecule has 0 spiro atoms. The van der Waals surface area contributed by atoms with Crippen LogP contribution in [0.1, 0.15) is 11.1 Å². The molecule has 0 saturated heterocycles. The highest BCUT2D eigenvalue weighted by molar-refractivity contribution is 7.17. The Morgan fingerprint density at radius 3 is 2.93 bits per heavy atom. The first-order valence-corrected chi connectivity index (χ1v) is 5.00. The molecule has 70 valence electrons. The van der Waals surface area contributed by atoms with E-state index in [1.165, 1.54) is 15.9 Å². The van der Waals surface area contributed by atoms with Crippen LogP contribution in [0.25, 0.3) is 10.1 Å². The maximum atomic E-state index is 11.7. The number of aryl methyl sites for hydroxylation is 2. The van der Waals surface area contributed by atoms with Crippen LogP contribution in [0, 0.1) is 18.3 Å². The maximum absolute atomic E-state index is 11.7. The summed E-state index contributed by atoms with van der Waals surface area (Å²) in [4.78, 5) is 11.7.